The number of nitrogens with zero attached hydrogens (tertiary/aromatic N) is 1. The molecule has 2 aromatic carbocycles. The maximum Gasteiger partial charge on any atom is 0.173 e. The highest BCUT2D eigenvalue weighted by atomic mass is 35.5. The van der Waals surface area contributed by atoms with Gasteiger partial charge in [0, 0.05) is 5.02 Å². The Morgan fingerprint density at radius 2 is 1.95 bits per heavy atom. The van der Waals surface area contributed by atoms with Crippen LogP contribution < -0.4 is 10.5 Å². The van der Waals surface area contributed by atoms with Gasteiger partial charge < -0.3 is 15.7 Å². The van der Waals surface area contributed by atoms with Crippen LogP contribution in [0.15, 0.2) is 41.6 Å². The Morgan fingerprint density at radius 3 is 2.60 bits per heavy atom. The number of ether oxygens (including phenoxy) is 1. The normalized spacial score (nSPS) is 11.4. The molecule has 3 N–H and O–H groups in total. The Kier molecular flexibility index (Phi) is 4.10. The molecule has 0 bridgehead atoms. The Morgan fingerprint density at radius 1 is 1.25 bits per heavy atom. The lowest BCUT2D eigenvalue weighted by Crippen LogP contribution is -2.14. The van der Waals surface area contributed by atoms with Crippen molar-refractivity contribution in [2.45, 2.75) is 6.92 Å². The quantitative estimate of drug-likeness (QED) is 0.393. The highest BCUT2D eigenvalue weighted by molar-refractivity contribution is 6.30. The minimum Gasteiger partial charge on any atom is -0.456 e. The third kappa shape index (κ3) is 3.00. The van der Waals surface area contributed by atoms with E-state index < -0.39 is 5.82 Å². The fraction of sp³-hybridized carbons (Fsp3) is 0.0714. The molecule has 0 unspecified atom stereocenters. The molecule has 104 valence electrons. The summed E-state index contributed by atoms with van der Waals surface area (Å²) >= 11 is 5.87. The van der Waals surface area contributed by atoms with Crippen molar-refractivity contribution in [2.24, 2.45) is 10.9 Å². The van der Waals surface area contributed by atoms with E-state index in [1.807, 2.05) is 6.92 Å². The first-order valence-electron chi connectivity index (χ1n) is 5.72. The number of oxime groups is 1. The Labute approximate surface area is 120 Å². The van der Waals surface area contributed by atoms with Crippen LogP contribution >= 0.6 is 11.6 Å². The van der Waals surface area contributed by atoms with Gasteiger partial charge in [-0.3, -0.25) is 0 Å². The molecule has 0 aromatic heterocycles. The number of halogens is 2. The molecule has 0 radical (unpaired) electrons. The highest BCUT2D eigenvalue weighted by Gasteiger charge is 2.12. The number of benzene rings is 2. The SMILES string of the molecule is Cc1cc(Cl)ccc1Oc1ccc(F)cc1C(N)=NO. The van der Waals surface area contributed by atoms with Crippen LogP contribution in [0.4, 0.5) is 4.39 Å². The first kappa shape index (κ1) is 14.1. The molecular weight excluding hydrogens is 283 g/mol. The highest BCUT2D eigenvalue weighted by Crippen LogP contribution is 2.30. The van der Waals surface area contributed by atoms with Crippen LogP contribution in [0.25, 0.3) is 0 Å². The van der Waals surface area contributed by atoms with Crippen molar-refractivity contribution in [3.63, 3.8) is 0 Å². The molecule has 0 atom stereocenters. The largest absolute Gasteiger partial charge is 0.456 e. The minimum atomic E-state index is -0.508. The van der Waals surface area contributed by atoms with E-state index in [4.69, 9.17) is 27.3 Å². The Hall–Kier alpha value is -2.27. The van der Waals surface area contributed by atoms with Crippen molar-refractivity contribution >= 4 is 17.4 Å². The summed E-state index contributed by atoms with van der Waals surface area (Å²) in [6.45, 7) is 1.83. The number of nitrogens with two attached hydrogens (primary N) is 1. The van der Waals surface area contributed by atoms with Gasteiger partial charge in [0.25, 0.3) is 0 Å². The van der Waals surface area contributed by atoms with E-state index in [0.717, 1.165) is 11.6 Å². The van der Waals surface area contributed by atoms with Crippen LogP contribution in [-0.4, -0.2) is 11.0 Å². The zero-order chi connectivity index (χ0) is 14.7. The van der Waals surface area contributed by atoms with Crippen molar-refractivity contribution in [1.82, 2.24) is 0 Å². The molecule has 20 heavy (non-hydrogen) atoms. The van der Waals surface area contributed by atoms with Gasteiger partial charge in [0.2, 0.25) is 0 Å². The van der Waals surface area contributed by atoms with Crippen LogP contribution in [0.2, 0.25) is 5.02 Å². The molecule has 6 heteroatoms. The number of hydrogen-bond donors (Lipinski definition) is 2. The fourth-order valence-electron chi connectivity index (χ4n) is 1.69. The molecule has 0 aliphatic carbocycles. The molecule has 4 nitrogen and oxygen atoms in total. The number of hydrogen-bond acceptors (Lipinski definition) is 3. The molecular formula is C14H12ClFN2O2. The van der Waals surface area contributed by atoms with E-state index >= 15 is 0 Å². The number of amidine groups is 1. The van der Waals surface area contributed by atoms with Crippen LogP contribution in [0.5, 0.6) is 11.5 Å². The van der Waals surface area contributed by atoms with Crippen molar-refractivity contribution < 1.29 is 14.3 Å². The second kappa shape index (κ2) is 5.79. The van der Waals surface area contributed by atoms with Crippen LogP contribution in [0, 0.1) is 12.7 Å². The van der Waals surface area contributed by atoms with Crippen molar-refractivity contribution in [3.8, 4) is 11.5 Å². The fourth-order valence-corrected chi connectivity index (χ4v) is 1.92. The first-order chi connectivity index (χ1) is 9.51. The van der Waals surface area contributed by atoms with Gasteiger partial charge in [-0.15, -0.1) is 0 Å². The van der Waals surface area contributed by atoms with Gasteiger partial charge in [-0.2, -0.15) is 0 Å². The van der Waals surface area contributed by atoms with Gasteiger partial charge >= 0.3 is 0 Å². The van der Waals surface area contributed by atoms with Gasteiger partial charge in [-0.25, -0.2) is 4.39 Å². The third-order valence-corrected chi connectivity index (χ3v) is 2.92. The van der Waals surface area contributed by atoms with Crippen LogP contribution in [0.3, 0.4) is 0 Å². The monoisotopic (exact) mass is 294 g/mol. The van der Waals surface area contributed by atoms with Gasteiger partial charge in [-0.05, 0) is 48.9 Å². The second-order valence-electron chi connectivity index (χ2n) is 4.14. The van der Waals surface area contributed by atoms with E-state index in [1.165, 1.54) is 12.1 Å². The van der Waals surface area contributed by atoms with Gasteiger partial charge in [0.1, 0.15) is 17.3 Å². The summed E-state index contributed by atoms with van der Waals surface area (Å²) in [6.07, 6.45) is 0. The summed E-state index contributed by atoms with van der Waals surface area (Å²) in [6, 6.07) is 8.89. The zero-order valence-corrected chi connectivity index (χ0v) is 11.4. The zero-order valence-electron chi connectivity index (χ0n) is 10.6. The summed E-state index contributed by atoms with van der Waals surface area (Å²) < 4.78 is 18.9. The summed E-state index contributed by atoms with van der Waals surface area (Å²) in [7, 11) is 0. The number of aryl methyl sites for hydroxylation is 1. The van der Waals surface area contributed by atoms with E-state index in [0.29, 0.717) is 10.8 Å². The van der Waals surface area contributed by atoms with E-state index in [-0.39, 0.29) is 17.1 Å². The van der Waals surface area contributed by atoms with Crippen molar-refractivity contribution in [2.75, 3.05) is 0 Å². The molecule has 0 spiro atoms. The molecule has 2 rings (SSSR count). The molecule has 0 saturated carbocycles. The van der Waals surface area contributed by atoms with Crippen LogP contribution in [0.1, 0.15) is 11.1 Å². The van der Waals surface area contributed by atoms with Crippen LogP contribution in [-0.2, 0) is 0 Å². The Balaban J connectivity index is 2.43. The molecule has 0 aliphatic rings. The second-order valence-corrected chi connectivity index (χ2v) is 4.57. The maximum atomic E-state index is 13.2. The lowest BCUT2D eigenvalue weighted by molar-refractivity contribution is 0.318. The molecule has 0 amide bonds. The predicted octanol–water partition coefficient (Wildman–Crippen LogP) is 3.67. The molecule has 2 aromatic rings. The first-order valence-corrected chi connectivity index (χ1v) is 6.10. The van der Waals surface area contributed by atoms with Gasteiger partial charge in [0.05, 0.1) is 5.56 Å². The maximum absolute atomic E-state index is 13.2. The molecule has 0 heterocycles. The van der Waals surface area contributed by atoms with E-state index in [2.05, 4.69) is 5.16 Å². The predicted molar refractivity (Wildman–Crippen MR) is 75.2 cm³/mol. The van der Waals surface area contributed by atoms with Gasteiger partial charge in [0.15, 0.2) is 5.84 Å². The van der Waals surface area contributed by atoms with Crippen molar-refractivity contribution in [1.29, 1.82) is 0 Å². The third-order valence-electron chi connectivity index (χ3n) is 2.68. The smallest absolute Gasteiger partial charge is 0.173 e. The molecule has 0 aliphatic heterocycles. The molecule has 0 saturated heterocycles. The summed E-state index contributed by atoms with van der Waals surface area (Å²) in [4.78, 5) is 0. The lowest BCUT2D eigenvalue weighted by atomic mass is 10.1. The standard InChI is InChI=1S/C14H12ClFN2O2/c1-8-6-9(15)2-4-12(8)20-13-5-3-10(16)7-11(13)14(17)18-19/h2-7,19H,1H3,(H2,17,18). The van der Waals surface area contributed by atoms with Crippen molar-refractivity contribution in [3.05, 3.63) is 58.4 Å². The summed E-state index contributed by atoms with van der Waals surface area (Å²) in [5.74, 6) is 0.0954. The molecule has 0 fully saturated rings. The van der Waals surface area contributed by atoms with E-state index in [1.54, 1.807) is 18.2 Å². The average Bonchev–Trinajstić information content (AvgIpc) is 2.42. The van der Waals surface area contributed by atoms with E-state index in [9.17, 15) is 4.39 Å². The van der Waals surface area contributed by atoms with Gasteiger partial charge in [-0.1, -0.05) is 16.8 Å². The Bertz CT molecular complexity index is 674. The minimum absolute atomic E-state index is 0.168. The number of rotatable bonds is 3. The average molecular weight is 295 g/mol. The summed E-state index contributed by atoms with van der Waals surface area (Å²) in [5, 5.41) is 12.2. The lowest BCUT2D eigenvalue weighted by Gasteiger charge is -2.12. The topological polar surface area (TPSA) is 67.8 Å². The summed E-state index contributed by atoms with van der Waals surface area (Å²) in [5.41, 5.74) is 6.49.